The average Bonchev–Trinajstić information content (AvgIpc) is 3.32. The van der Waals surface area contributed by atoms with E-state index in [2.05, 4.69) is 0 Å². The van der Waals surface area contributed by atoms with Crippen molar-refractivity contribution >= 4 is 34.5 Å². The fourth-order valence-corrected chi connectivity index (χ4v) is 5.55. The number of rotatable bonds is 7. The van der Waals surface area contributed by atoms with Crippen molar-refractivity contribution in [3.05, 3.63) is 60.2 Å². The maximum Gasteiger partial charge on any atom is 0.308 e. The summed E-state index contributed by atoms with van der Waals surface area (Å²) in [5, 5.41) is 0.797. The van der Waals surface area contributed by atoms with Crippen molar-refractivity contribution in [2.24, 2.45) is 18.9 Å². The van der Waals surface area contributed by atoms with Crippen LogP contribution < -0.4 is 0 Å². The summed E-state index contributed by atoms with van der Waals surface area (Å²) in [5.74, 6) is -1.73. The van der Waals surface area contributed by atoms with Crippen LogP contribution in [0.25, 0.3) is 22.2 Å². The zero-order valence-electron chi connectivity index (χ0n) is 19.7. The van der Waals surface area contributed by atoms with E-state index in [1.165, 1.54) is 4.90 Å². The van der Waals surface area contributed by atoms with Crippen LogP contribution in [0.3, 0.4) is 0 Å². The largest absolute Gasteiger partial charge is 0.457 e. The Morgan fingerprint density at radius 2 is 1.54 bits per heavy atom. The lowest BCUT2D eigenvalue weighted by molar-refractivity contribution is -0.145. The number of hydrogen-bond donors (Lipinski definition) is 0. The molecule has 35 heavy (non-hydrogen) atoms. The van der Waals surface area contributed by atoms with Crippen LogP contribution in [0.5, 0.6) is 0 Å². The number of carbonyl (C=O) groups excluding carboxylic acids is 4. The van der Waals surface area contributed by atoms with Crippen molar-refractivity contribution in [1.29, 1.82) is 0 Å². The summed E-state index contributed by atoms with van der Waals surface area (Å²) in [6.07, 6.45) is 3.26. The smallest absolute Gasteiger partial charge is 0.308 e. The molecule has 2 fully saturated rings. The van der Waals surface area contributed by atoms with Gasteiger partial charge in [-0.3, -0.25) is 24.1 Å². The molecule has 180 valence electrons. The Hall–Kier alpha value is -3.74. The number of nitrogens with zero attached hydrogens (tertiary/aromatic N) is 2. The molecule has 2 atom stereocenters. The third-order valence-corrected chi connectivity index (χ3v) is 7.27. The third kappa shape index (κ3) is 4.16. The van der Waals surface area contributed by atoms with Gasteiger partial charge in [0.25, 0.3) is 0 Å². The van der Waals surface area contributed by atoms with E-state index in [1.807, 2.05) is 66.2 Å². The molecule has 2 heterocycles. The van der Waals surface area contributed by atoms with E-state index in [4.69, 9.17) is 4.74 Å². The first-order valence-corrected chi connectivity index (χ1v) is 12.1. The number of amides is 2. The Labute approximate surface area is 203 Å². The molecule has 1 saturated heterocycles. The summed E-state index contributed by atoms with van der Waals surface area (Å²) in [4.78, 5) is 52.2. The molecule has 0 N–H and O–H groups in total. The second-order valence-electron chi connectivity index (χ2n) is 9.33. The second-order valence-corrected chi connectivity index (χ2v) is 9.33. The van der Waals surface area contributed by atoms with E-state index in [-0.39, 0.29) is 42.4 Å². The van der Waals surface area contributed by atoms with E-state index >= 15 is 0 Å². The van der Waals surface area contributed by atoms with Gasteiger partial charge in [-0.1, -0.05) is 61.4 Å². The predicted molar refractivity (Wildman–Crippen MR) is 130 cm³/mol. The zero-order chi connectivity index (χ0) is 24.5. The highest BCUT2D eigenvalue weighted by Gasteiger charge is 2.47. The van der Waals surface area contributed by atoms with Crippen LogP contribution in [0, 0.1) is 11.8 Å². The van der Waals surface area contributed by atoms with Gasteiger partial charge in [-0.15, -0.1) is 0 Å². The van der Waals surface area contributed by atoms with Crippen molar-refractivity contribution in [3.63, 3.8) is 0 Å². The summed E-state index contributed by atoms with van der Waals surface area (Å²) in [6, 6.07) is 17.3. The molecule has 2 aliphatic rings. The fraction of sp³-hybridized carbons (Fsp3) is 0.357. The number of aryl methyl sites for hydroxylation is 1. The molecular formula is C28H28N2O5. The van der Waals surface area contributed by atoms with Gasteiger partial charge in [-0.25, -0.2) is 0 Å². The predicted octanol–water partition coefficient (Wildman–Crippen LogP) is 4.14. The highest BCUT2D eigenvalue weighted by atomic mass is 16.5. The van der Waals surface area contributed by atoms with Gasteiger partial charge in [0.15, 0.2) is 6.61 Å². The first-order chi connectivity index (χ1) is 17.0. The monoisotopic (exact) mass is 472 g/mol. The molecule has 0 spiro atoms. The molecule has 0 radical (unpaired) electrons. The van der Waals surface area contributed by atoms with Crippen LogP contribution in [0.2, 0.25) is 0 Å². The van der Waals surface area contributed by atoms with Gasteiger partial charge in [0.2, 0.25) is 17.6 Å². The number of aromatic nitrogens is 1. The molecule has 5 rings (SSSR count). The van der Waals surface area contributed by atoms with Gasteiger partial charge < -0.3 is 9.30 Å². The molecule has 1 aliphatic carbocycles. The average molecular weight is 473 g/mol. The lowest BCUT2D eigenvalue weighted by atomic mass is 9.81. The van der Waals surface area contributed by atoms with Gasteiger partial charge in [0.1, 0.15) is 0 Å². The molecule has 7 nitrogen and oxygen atoms in total. The number of likely N-dealkylation sites (tertiary alicyclic amines) is 1. The Bertz CT molecular complexity index is 1290. The van der Waals surface area contributed by atoms with Crippen LogP contribution >= 0.6 is 0 Å². The van der Waals surface area contributed by atoms with Gasteiger partial charge in [-0.2, -0.15) is 0 Å². The van der Waals surface area contributed by atoms with E-state index in [1.54, 1.807) is 0 Å². The molecule has 1 aromatic heterocycles. The minimum Gasteiger partial charge on any atom is -0.457 e. The van der Waals surface area contributed by atoms with E-state index in [9.17, 15) is 19.2 Å². The number of ether oxygens (including phenoxy) is 1. The number of para-hydroxylation sites is 1. The van der Waals surface area contributed by atoms with Crippen LogP contribution in [-0.4, -0.2) is 46.2 Å². The number of ketones is 1. The second kappa shape index (κ2) is 9.49. The molecule has 7 heteroatoms. The zero-order valence-corrected chi connectivity index (χ0v) is 19.7. The third-order valence-electron chi connectivity index (χ3n) is 7.27. The number of hydrogen-bond acceptors (Lipinski definition) is 5. The van der Waals surface area contributed by atoms with Gasteiger partial charge in [-0.05, 0) is 24.5 Å². The van der Waals surface area contributed by atoms with Crippen molar-refractivity contribution < 1.29 is 23.9 Å². The summed E-state index contributed by atoms with van der Waals surface area (Å²) < 4.78 is 7.29. The number of Topliss-reactive ketones (excluding diaryl/α,β-unsaturated/α-hetero) is 1. The lowest BCUT2D eigenvalue weighted by Crippen LogP contribution is -2.33. The fourth-order valence-electron chi connectivity index (χ4n) is 5.55. The lowest BCUT2D eigenvalue weighted by Gasteiger charge is -2.19. The normalized spacial score (nSPS) is 19.7. The van der Waals surface area contributed by atoms with Crippen molar-refractivity contribution in [1.82, 2.24) is 9.47 Å². The maximum atomic E-state index is 13.3. The van der Waals surface area contributed by atoms with E-state index in [0.29, 0.717) is 5.56 Å². The van der Waals surface area contributed by atoms with Gasteiger partial charge in [0, 0.05) is 24.5 Å². The van der Waals surface area contributed by atoms with Gasteiger partial charge in [0.05, 0.1) is 29.5 Å². The minimum absolute atomic E-state index is 0.00121. The first-order valence-electron chi connectivity index (χ1n) is 12.1. The van der Waals surface area contributed by atoms with Crippen LogP contribution in [-0.2, 0) is 26.2 Å². The van der Waals surface area contributed by atoms with Crippen molar-refractivity contribution in [2.45, 2.75) is 32.1 Å². The van der Waals surface area contributed by atoms with Crippen LogP contribution in [0.15, 0.2) is 54.6 Å². The SMILES string of the molecule is Cn1c(-c2ccccc2)c(C(=O)COC(=O)CCN2C(=O)[C@H]3CCCC[C@@H]3C2=O)c2ccccc21. The molecule has 2 aromatic carbocycles. The topological polar surface area (TPSA) is 85.7 Å². The molecular weight excluding hydrogens is 444 g/mol. The summed E-state index contributed by atoms with van der Waals surface area (Å²) >= 11 is 0. The van der Waals surface area contributed by atoms with Crippen LogP contribution in [0.4, 0.5) is 0 Å². The Morgan fingerprint density at radius 1 is 0.914 bits per heavy atom. The number of imide groups is 1. The standard InChI is InChI=1S/C28H28N2O5/c1-29-22-14-8-7-13-21(22)25(26(29)18-9-3-2-4-10-18)23(31)17-35-24(32)15-16-30-27(33)19-11-5-6-12-20(19)28(30)34/h2-4,7-10,13-14,19-20H,5-6,11-12,15-17H2,1H3/t19-,20-/m0/s1. The molecule has 1 saturated carbocycles. The van der Waals surface area contributed by atoms with Crippen molar-refractivity contribution in [2.75, 3.05) is 13.2 Å². The Balaban J connectivity index is 1.28. The van der Waals surface area contributed by atoms with Crippen LogP contribution in [0.1, 0.15) is 42.5 Å². The molecule has 0 unspecified atom stereocenters. The highest BCUT2D eigenvalue weighted by molar-refractivity contribution is 6.14. The molecule has 2 amide bonds. The Morgan fingerprint density at radius 3 is 2.23 bits per heavy atom. The summed E-state index contributed by atoms with van der Waals surface area (Å²) in [7, 11) is 1.91. The maximum absolute atomic E-state index is 13.3. The van der Waals surface area contributed by atoms with E-state index < -0.39 is 12.6 Å². The molecule has 0 bridgehead atoms. The number of carbonyl (C=O) groups is 4. The molecule has 1 aliphatic heterocycles. The molecule has 3 aromatic rings. The summed E-state index contributed by atoms with van der Waals surface area (Å²) in [6.45, 7) is -0.402. The minimum atomic E-state index is -0.602. The highest BCUT2D eigenvalue weighted by Crippen LogP contribution is 2.38. The van der Waals surface area contributed by atoms with E-state index in [0.717, 1.165) is 47.8 Å². The quantitative estimate of drug-likeness (QED) is 0.293. The van der Waals surface area contributed by atoms with Crippen molar-refractivity contribution in [3.8, 4) is 11.3 Å². The number of benzene rings is 2. The van der Waals surface area contributed by atoms with Gasteiger partial charge >= 0.3 is 5.97 Å². The number of fused-ring (bicyclic) bond motifs is 2. The number of esters is 1. The first kappa shape index (κ1) is 23.0. The Kier molecular flexibility index (Phi) is 6.24. The summed E-state index contributed by atoms with van der Waals surface area (Å²) in [5.41, 5.74) is 3.08.